The first kappa shape index (κ1) is 17.8. The predicted octanol–water partition coefficient (Wildman–Crippen LogP) is 3.38. The Bertz CT molecular complexity index is 581. The van der Waals surface area contributed by atoms with Crippen molar-refractivity contribution in [1.29, 1.82) is 0 Å². The molecule has 1 atom stereocenters. The summed E-state index contributed by atoms with van der Waals surface area (Å²) in [5.74, 6) is 0.472. The van der Waals surface area contributed by atoms with Crippen LogP contribution in [-0.4, -0.2) is 59.1 Å². The maximum Gasteiger partial charge on any atom is 0.317 e. The summed E-state index contributed by atoms with van der Waals surface area (Å²) in [5.41, 5.74) is 1.29. The summed E-state index contributed by atoms with van der Waals surface area (Å²) < 4.78 is 0. The summed E-state index contributed by atoms with van der Waals surface area (Å²) in [4.78, 5) is 21.1. The second-order valence-corrected chi connectivity index (χ2v) is 8.23. The zero-order chi connectivity index (χ0) is 17.8. The topological polar surface area (TPSA) is 48.5 Å². The first-order valence-electron chi connectivity index (χ1n) is 10.5. The van der Waals surface area contributed by atoms with Crippen molar-refractivity contribution >= 4 is 6.03 Å². The fraction of sp³-hybridized carbons (Fsp3) is 0.714. The maximum absolute atomic E-state index is 12.4. The van der Waals surface area contributed by atoms with Crippen LogP contribution in [0.25, 0.3) is 0 Å². The van der Waals surface area contributed by atoms with Gasteiger partial charge in [-0.3, -0.25) is 9.88 Å². The van der Waals surface area contributed by atoms with E-state index in [1.165, 1.54) is 57.1 Å². The van der Waals surface area contributed by atoms with Crippen LogP contribution in [0, 0.1) is 0 Å². The molecule has 0 unspecified atom stereocenters. The zero-order valence-corrected chi connectivity index (χ0v) is 15.8. The Morgan fingerprint density at radius 1 is 1.08 bits per heavy atom. The van der Waals surface area contributed by atoms with E-state index >= 15 is 0 Å². The highest BCUT2D eigenvalue weighted by atomic mass is 16.2. The third-order valence-corrected chi connectivity index (χ3v) is 6.57. The summed E-state index contributed by atoms with van der Waals surface area (Å²) in [7, 11) is 0. The van der Waals surface area contributed by atoms with E-state index < -0.39 is 0 Å². The SMILES string of the molecule is O=C(NCC[C@@H]1CCCCN1C1CCCC1)N1CC(c2ccncc2)C1. The van der Waals surface area contributed by atoms with Crippen LogP contribution in [0.5, 0.6) is 0 Å². The second-order valence-electron chi connectivity index (χ2n) is 8.23. The molecule has 2 amide bonds. The molecule has 4 rings (SSSR count). The Hall–Kier alpha value is -1.62. The average Bonchev–Trinajstić information content (AvgIpc) is 3.16. The third-order valence-electron chi connectivity index (χ3n) is 6.57. The van der Waals surface area contributed by atoms with Crippen LogP contribution in [0.4, 0.5) is 4.79 Å². The third kappa shape index (κ3) is 4.03. The predicted molar refractivity (Wildman–Crippen MR) is 103 cm³/mol. The molecule has 2 saturated heterocycles. The van der Waals surface area contributed by atoms with Crippen molar-refractivity contribution in [3.8, 4) is 0 Å². The van der Waals surface area contributed by atoms with Gasteiger partial charge in [-0.15, -0.1) is 0 Å². The van der Waals surface area contributed by atoms with Crippen molar-refractivity contribution in [1.82, 2.24) is 20.1 Å². The first-order valence-corrected chi connectivity index (χ1v) is 10.5. The molecule has 5 nitrogen and oxygen atoms in total. The average molecular weight is 357 g/mol. The van der Waals surface area contributed by atoms with Crippen LogP contribution in [-0.2, 0) is 0 Å². The number of nitrogens with one attached hydrogen (secondary N) is 1. The minimum absolute atomic E-state index is 0.110. The van der Waals surface area contributed by atoms with Gasteiger partial charge in [-0.05, 0) is 56.3 Å². The maximum atomic E-state index is 12.4. The molecule has 5 heteroatoms. The van der Waals surface area contributed by atoms with Crippen molar-refractivity contribution in [3.63, 3.8) is 0 Å². The molecule has 3 fully saturated rings. The number of hydrogen-bond donors (Lipinski definition) is 1. The minimum atomic E-state index is 0.110. The van der Waals surface area contributed by atoms with Gasteiger partial charge in [0.25, 0.3) is 0 Å². The van der Waals surface area contributed by atoms with Crippen LogP contribution < -0.4 is 5.32 Å². The molecular weight excluding hydrogens is 324 g/mol. The number of aromatic nitrogens is 1. The standard InChI is InChI=1S/C21H32N4O/c26-21(24-15-18(16-24)17-8-11-22-12-9-17)23-13-10-20-7-3-4-14-25(20)19-5-1-2-6-19/h8-9,11-12,18-20H,1-7,10,13-16H2,(H,23,26)/t20-/m0/s1. The number of pyridine rings is 1. The van der Waals surface area contributed by atoms with E-state index in [2.05, 4.69) is 27.3 Å². The molecule has 1 aromatic heterocycles. The molecule has 3 aliphatic rings. The van der Waals surface area contributed by atoms with Crippen molar-refractivity contribution in [3.05, 3.63) is 30.1 Å². The first-order chi connectivity index (χ1) is 12.8. The molecule has 0 radical (unpaired) electrons. The van der Waals surface area contributed by atoms with Crippen molar-refractivity contribution in [2.24, 2.45) is 0 Å². The fourth-order valence-corrected chi connectivity index (χ4v) is 5.00. The summed E-state index contributed by atoms with van der Waals surface area (Å²) >= 11 is 0. The Kier molecular flexibility index (Phi) is 5.73. The van der Waals surface area contributed by atoms with Gasteiger partial charge in [-0.25, -0.2) is 4.79 Å². The quantitative estimate of drug-likeness (QED) is 0.880. The van der Waals surface area contributed by atoms with Gasteiger partial charge in [0.2, 0.25) is 0 Å². The summed E-state index contributed by atoms with van der Waals surface area (Å²) in [6, 6.07) is 5.71. The van der Waals surface area contributed by atoms with Crippen LogP contribution >= 0.6 is 0 Å². The molecule has 0 aromatic carbocycles. The lowest BCUT2D eigenvalue weighted by Gasteiger charge is -2.41. The van der Waals surface area contributed by atoms with Gasteiger partial charge in [0.1, 0.15) is 0 Å². The molecule has 1 aliphatic carbocycles. The monoisotopic (exact) mass is 356 g/mol. The lowest BCUT2D eigenvalue weighted by atomic mass is 9.93. The number of rotatable bonds is 5. The highest BCUT2D eigenvalue weighted by Gasteiger charge is 2.33. The van der Waals surface area contributed by atoms with Crippen LogP contribution in [0.1, 0.15) is 62.8 Å². The van der Waals surface area contributed by atoms with Gasteiger partial charge < -0.3 is 10.2 Å². The number of carbonyl (C=O) groups is 1. The van der Waals surface area contributed by atoms with Gasteiger partial charge in [-0.1, -0.05) is 19.3 Å². The van der Waals surface area contributed by atoms with Gasteiger partial charge in [0.15, 0.2) is 0 Å². The van der Waals surface area contributed by atoms with E-state index in [-0.39, 0.29) is 6.03 Å². The van der Waals surface area contributed by atoms with Crippen LogP contribution in [0.3, 0.4) is 0 Å². The zero-order valence-electron chi connectivity index (χ0n) is 15.8. The number of hydrogen-bond acceptors (Lipinski definition) is 3. The van der Waals surface area contributed by atoms with Gasteiger partial charge >= 0.3 is 6.03 Å². The number of piperidine rings is 1. The van der Waals surface area contributed by atoms with Crippen molar-refractivity contribution < 1.29 is 4.79 Å². The lowest BCUT2D eigenvalue weighted by Crippen LogP contribution is -2.53. The Balaban J connectivity index is 1.19. The van der Waals surface area contributed by atoms with Gasteiger partial charge in [0.05, 0.1) is 0 Å². The molecule has 3 heterocycles. The highest BCUT2D eigenvalue weighted by molar-refractivity contribution is 5.75. The number of carbonyl (C=O) groups excluding carboxylic acids is 1. The van der Waals surface area contributed by atoms with E-state index in [0.29, 0.717) is 12.0 Å². The minimum Gasteiger partial charge on any atom is -0.338 e. The molecule has 1 aromatic rings. The van der Waals surface area contributed by atoms with Crippen LogP contribution in [0.15, 0.2) is 24.5 Å². The fourth-order valence-electron chi connectivity index (χ4n) is 5.00. The van der Waals surface area contributed by atoms with E-state index in [1.54, 1.807) is 0 Å². The molecular formula is C21H32N4O. The van der Waals surface area contributed by atoms with Crippen LogP contribution in [0.2, 0.25) is 0 Å². The summed E-state index contributed by atoms with van der Waals surface area (Å²) in [5, 5.41) is 3.16. The Labute approximate surface area is 157 Å². The largest absolute Gasteiger partial charge is 0.338 e. The lowest BCUT2D eigenvalue weighted by molar-refractivity contribution is 0.0904. The second kappa shape index (κ2) is 8.38. The Morgan fingerprint density at radius 3 is 2.58 bits per heavy atom. The van der Waals surface area contributed by atoms with Crippen molar-refractivity contribution in [2.45, 2.75) is 69.4 Å². The summed E-state index contributed by atoms with van der Waals surface area (Å²) in [6.07, 6.45) is 14.3. The van der Waals surface area contributed by atoms with Gasteiger partial charge in [0, 0.05) is 50.0 Å². The van der Waals surface area contributed by atoms with Crippen molar-refractivity contribution in [2.75, 3.05) is 26.2 Å². The highest BCUT2D eigenvalue weighted by Crippen LogP contribution is 2.30. The summed E-state index contributed by atoms with van der Waals surface area (Å²) in [6.45, 7) is 3.73. The van der Waals surface area contributed by atoms with E-state index in [0.717, 1.165) is 32.1 Å². The van der Waals surface area contributed by atoms with E-state index in [4.69, 9.17) is 0 Å². The molecule has 0 spiro atoms. The normalized spacial score (nSPS) is 25.2. The van der Waals surface area contributed by atoms with Gasteiger partial charge in [-0.2, -0.15) is 0 Å². The van der Waals surface area contributed by atoms with E-state index in [9.17, 15) is 4.79 Å². The Morgan fingerprint density at radius 2 is 1.81 bits per heavy atom. The molecule has 1 saturated carbocycles. The van der Waals surface area contributed by atoms with E-state index in [1.807, 2.05) is 17.3 Å². The molecule has 26 heavy (non-hydrogen) atoms. The number of likely N-dealkylation sites (tertiary alicyclic amines) is 2. The number of urea groups is 1. The molecule has 0 bridgehead atoms. The molecule has 142 valence electrons. The molecule has 1 N–H and O–H groups in total. The smallest absolute Gasteiger partial charge is 0.317 e. The number of nitrogens with zero attached hydrogens (tertiary/aromatic N) is 3. The number of amides is 2. The molecule has 2 aliphatic heterocycles.